The Balaban J connectivity index is 1.56. The fraction of sp³-hybridized carbons (Fsp3) is 0. The molecule has 2 N–H and O–H groups in total. The molecule has 8 rings (SSSR count). The Morgan fingerprint density at radius 2 is 0.413 bits per heavy atom. The molecule has 2 aromatic heterocycles. The number of aromatic nitrogens is 2. The lowest BCUT2D eigenvalue weighted by Gasteiger charge is -2.13. The van der Waals surface area contributed by atoms with Crippen molar-refractivity contribution in [3.8, 4) is 78.4 Å². The second-order valence-electron chi connectivity index (χ2n) is 11.4. The molecule has 0 bridgehead atoms. The van der Waals surface area contributed by atoms with Gasteiger partial charge in [0.05, 0.1) is 22.8 Å². The van der Waals surface area contributed by atoms with Crippen LogP contribution in [-0.2, 0) is 0 Å². The summed E-state index contributed by atoms with van der Waals surface area (Å²) < 4.78 is 0. The van der Waals surface area contributed by atoms with Gasteiger partial charge in [0.25, 0.3) is 0 Å². The van der Waals surface area contributed by atoms with Gasteiger partial charge in [-0.15, -0.1) is 0 Å². The third-order valence-electron chi connectivity index (χ3n) is 8.62. The molecular weight excluding hydrogens is 556 g/mol. The summed E-state index contributed by atoms with van der Waals surface area (Å²) in [6.07, 6.45) is 0. The van der Waals surface area contributed by atoms with Gasteiger partial charge in [0.1, 0.15) is 0 Å². The third-order valence-corrected chi connectivity index (χ3v) is 8.62. The molecule has 0 aliphatic carbocycles. The maximum Gasteiger partial charge on any atom is 0.0573 e. The summed E-state index contributed by atoms with van der Waals surface area (Å²) in [5.41, 5.74) is 16.0. The van der Waals surface area contributed by atoms with E-state index in [0.29, 0.717) is 0 Å². The molecule has 0 amide bonds. The van der Waals surface area contributed by atoms with E-state index in [9.17, 15) is 0 Å². The SMILES string of the molecule is c1ccc(-c2[nH]c(-c3c(-c4ccccc4)[nH]c(-c4ccccc4)c3-c3ccccc3)c(-c3ccccc3)c2-c2ccccc2)cc1. The van der Waals surface area contributed by atoms with Gasteiger partial charge in [-0.1, -0.05) is 182 Å². The number of hydrogen-bond acceptors (Lipinski definition) is 0. The van der Waals surface area contributed by atoms with Gasteiger partial charge in [-0.3, -0.25) is 0 Å². The minimum absolute atomic E-state index is 1.08. The van der Waals surface area contributed by atoms with E-state index < -0.39 is 0 Å². The van der Waals surface area contributed by atoms with Crippen molar-refractivity contribution in [1.82, 2.24) is 9.97 Å². The summed E-state index contributed by atoms with van der Waals surface area (Å²) in [6, 6.07) is 64.4. The zero-order valence-electron chi connectivity index (χ0n) is 25.3. The van der Waals surface area contributed by atoms with Crippen molar-refractivity contribution in [2.45, 2.75) is 0 Å². The van der Waals surface area contributed by atoms with E-state index in [-0.39, 0.29) is 0 Å². The van der Waals surface area contributed by atoms with Crippen molar-refractivity contribution < 1.29 is 0 Å². The number of benzene rings is 6. The molecule has 0 aliphatic rings. The van der Waals surface area contributed by atoms with Crippen LogP contribution in [0.25, 0.3) is 78.4 Å². The highest BCUT2D eigenvalue weighted by atomic mass is 14.8. The lowest BCUT2D eigenvalue weighted by atomic mass is 9.88. The smallest absolute Gasteiger partial charge is 0.0573 e. The zero-order chi connectivity index (χ0) is 30.7. The van der Waals surface area contributed by atoms with Gasteiger partial charge < -0.3 is 9.97 Å². The predicted molar refractivity (Wildman–Crippen MR) is 193 cm³/mol. The van der Waals surface area contributed by atoms with Crippen LogP contribution in [0.5, 0.6) is 0 Å². The van der Waals surface area contributed by atoms with Crippen LogP contribution in [0.1, 0.15) is 0 Å². The number of nitrogens with one attached hydrogen (secondary N) is 2. The summed E-state index contributed by atoms with van der Waals surface area (Å²) in [6.45, 7) is 0. The van der Waals surface area contributed by atoms with Gasteiger partial charge in [-0.2, -0.15) is 0 Å². The largest absolute Gasteiger partial charge is 0.353 e. The maximum atomic E-state index is 4.05. The van der Waals surface area contributed by atoms with E-state index in [4.69, 9.17) is 0 Å². The van der Waals surface area contributed by atoms with Crippen molar-refractivity contribution in [1.29, 1.82) is 0 Å². The van der Waals surface area contributed by atoms with Crippen LogP contribution in [0.3, 0.4) is 0 Å². The Labute approximate surface area is 269 Å². The first kappa shape index (κ1) is 27.4. The molecule has 0 unspecified atom stereocenters. The number of H-pyrrole nitrogens is 2. The van der Waals surface area contributed by atoms with Crippen molar-refractivity contribution in [3.63, 3.8) is 0 Å². The third kappa shape index (κ3) is 4.96. The van der Waals surface area contributed by atoms with Gasteiger partial charge in [0.15, 0.2) is 0 Å². The van der Waals surface area contributed by atoms with Crippen LogP contribution in [0, 0.1) is 0 Å². The van der Waals surface area contributed by atoms with Crippen molar-refractivity contribution in [2.75, 3.05) is 0 Å². The van der Waals surface area contributed by atoms with E-state index in [1.54, 1.807) is 0 Å². The molecule has 46 heavy (non-hydrogen) atoms. The molecule has 0 aliphatic heterocycles. The molecule has 2 heteroatoms. The highest BCUT2D eigenvalue weighted by Crippen LogP contribution is 2.52. The molecule has 6 aromatic carbocycles. The van der Waals surface area contributed by atoms with E-state index >= 15 is 0 Å². The summed E-state index contributed by atoms with van der Waals surface area (Å²) in [7, 11) is 0. The standard InChI is InChI=1S/C44H32N2/c1-7-19-31(20-8-1)37-38(32-21-9-2-10-22-32)44(46-41(37)34-25-13-4-14-26-34)40-39(33-23-11-3-12-24-33)42(35-27-15-5-16-28-35)45-43(40)36-29-17-6-18-30-36/h1-30,45-46H. The second kappa shape index (κ2) is 12.1. The second-order valence-corrected chi connectivity index (χ2v) is 11.4. The van der Waals surface area contributed by atoms with E-state index in [1.165, 1.54) is 22.3 Å². The average molecular weight is 589 g/mol. The molecule has 0 saturated carbocycles. The molecule has 0 saturated heterocycles. The highest BCUT2D eigenvalue weighted by Gasteiger charge is 2.29. The molecule has 2 nitrogen and oxygen atoms in total. The van der Waals surface area contributed by atoms with E-state index in [0.717, 1.165) is 56.2 Å². The quantitative estimate of drug-likeness (QED) is 0.186. The highest BCUT2D eigenvalue weighted by molar-refractivity contribution is 6.09. The zero-order valence-corrected chi connectivity index (χ0v) is 25.3. The topological polar surface area (TPSA) is 31.6 Å². The molecule has 8 aromatic rings. The molecule has 218 valence electrons. The Morgan fingerprint density at radius 1 is 0.196 bits per heavy atom. The van der Waals surface area contributed by atoms with Crippen LogP contribution >= 0.6 is 0 Å². The predicted octanol–water partition coefficient (Wildman–Crippen LogP) is 12.0. The van der Waals surface area contributed by atoms with Gasteiger partial charge in [0, 0.05) is 22.3 Å². The van der Waals surface area contributed by atoms with Gasteiger partial charge in [-0.05, 0) is 33.4 Å². The van der Waals surface area contributed by atoms with Gasteiger partial charge in [-0.25, -0.2) is 0 Å². The maximum absolute atomic E-state index is 4.05. The minimum Gasteiger partial charge on any atom is -0.353 e. The van der Waals surface area contributed by atoms with Gasteiger partial charge in [0.2, 0.25) is 0 Å². The van der Waals surface area contributed by atoms with Crippen LogP contribution in [-0.4, -0.2) is 9.97 Å². The minimum atomic E-state index is 1.08. The van der Waals surface area contributed by atoms with E-state index in [2.05, 4.69) is 192 Å². The lowest BCUT2D eigenvalue weighted by Crippen LogP contribution is -1.89. The monoisotopic (exact) mass is 588 g/mol. The first-order valence-electron chi connectivity index (χ1n) is 15.7. The van der Waals surface area contributed by atoms with E-state index in [1.807, 2.05) is 0 Å². The van der Waals surface area contributed by atoms with Crippen LogP contribution in [0.2, 0.25) is 0 Å². The van der Waals surface area contributed by atoms with Crippen LogP contribution in [0.15, 0.2) is 182 Å². The number of rotatable bonds is 7. The molecule has 0 spiro atoms. The van der Waals surface area contributed by atoms with Crippen molar-refractivity contribution in [2.24, 2.45) is 0 Å². The Morgan fingerprint density at radius 3 is 0.739 bits per heavy atom. The fourth-order valence-corrected chi connectivity index (χ4v) is 6.58. The number of hydrogen-bond donors (Lipinski definition) is 2. The van der Waals surface area contributed by atoms with Crippen molar-refractivity contribution in [3.05, 3.63) is 182 Å². The van der Waals surface area contributed by atoms with Crippen LogP contribution in [0.4, 0.5) is 0 Å². The molecule has 0 atom stereocenters. The molecule has 2 heterocycles. The van der Waals surface area contributed by atoms with Gasteiger partial charge >= 0.3 is 0 Å². The van der Waals surface area contributed by atoms with Crippen LogP contribution < -0.4 is 0 Å². The normalized spacial score (nSPS) is 11.0. The Hall–Kier alpha value is -6.12. The van der Waals surface area contributed by atoms with Crippen molar-refractivity contribution >= 4 is 0 Å². The summed E-state index contributed by atoms with van der Waals surface area (Å²) >= 11 is 0. The Bertz CT molecular complexity index is 2200. The summed E-state index contributed by atoms with van der Waals surface area (Å²) in [4.78, 5) is 7.99. The average Bonchev–Trinajstić information content (AvgIpc) is 3.74. The first-order chi connectivity index (χ1) is 22.9. The Kier molecular flexibility index (Phi) is 7.22. The summed E-state index contributed by atoms with van der Waals surface area (Å²) in [5.74, 6) is 0. The summed E-state index contributed by atoms with van der Waals surface area (Å²) in [5, 5.41) is 0. The molecule has 0 fully saturated rings. The fourth-order valence-electron chi connectivity index (χ4n) is 6.58. The molecule has 0 radical (unpaired) electrons. The molecular formula is C44H32N2. The lowest BCUT2D eigenvalue weighted by molar-refractivity contribution is 1.37. The first-order valence-corrected chi connectivity index (χ1v) is 15.7. The number of aromatic amines is 2.